The molecule has 1 unspecified atom stereocenters. The van der Waals surface area contributed by atoms with Crippen molar-refractivity contribution < 1.29 is 14.6 Å². The molecule has 1 saturated heterocycles. The molecule has 1 N–H and O–H groups in total. The molecule has 1 fully saturated rings. The summed E-state index contributed by atoms with van der Waals surface area (Å²) >= 11 is 0. The van der Waals surface area contributed by atoms with Gasteiger partial charge >= 0.3 is 0 Å². The van der Waals surface area contributed by atoms with Crippen LogP contribution in [0.25, 0.3) is 0 Å². The number of carbonyl (C=O) groups excluding carboxylic acids is 1. The fourth-order valence-corrected chi connectivity index (χ4v) is 3.22. The Bertz CT molecular complexity index is 519. The highest BCUT2D eigenvalue weighted by Gasteiger charge is 2.24. The summed E-state index contributed by atoms with van der Waals surface area (Å²) in [5.41, 5.74) is 1.26. The molecule has 2 rings (SSSR count). The van der Waals surface area contributed by atoms with E-state index < -0.39 is 5.60 Å². The van der Waals surface area contributed by atoms with Crippen LogP contribution in [0.4, 0.5) is 0 Å². The first-order valence-corrected chi connectivity index (χ1v) is 8.98. The number of methoxy groups -OCH3 is 1. The van der Waals surface area contributed by atoms with Crippen molar-refractivity contribution in [2.24, 2.45) is 5.92 Å². The van der Waals surface area contributed by atoms with Gasteiger partial charge in [-0.3, -0.25) is 4.79 Å². The minimum absolute atomic E-state index is 0.131. The Morgan fingerprint density at radius 3 is 2.67 bits per heavy atom. The van der Waals surface area contributed by atoms with Crippen LogP contribution in [-0.2, 0) is 11.2 Å². The van der Waals surface area contributed by atoms with E-state index in [1.807, 2.05) is 43.0 Å². The maximum atomic E-state index is 12.7. The van der Waals surface area contributed by atoms with Crippen molar-refractivity contribution in [3.05, 3.63) is 35.4 Å². The molecule has 0 bridgehead atoms. The van der Waals surface area contributed by atoms with Gasteiger partial charge in [-0.2, -0.15) is 0 Å². The van der Waals surface area contributed by atoms with Gasteiger partial charge in [-0.15, -0.1) is 0 Å². The Balaban J connectivity index is 1.92. The summed E-state index contributed by atoms with van der Waals surface area (Å²) in [4.78, 5) is 14.7. The highest BCUT2D eigenvalue weighted by molar-refractivity contribution is 5.94. The van der Waals surface area contributed by atoms with Crippen LogP contribution in [0.2, 0.25) is 0 Å². The van der Waals surface area contributed by atoms with E-state index in [9.17, 15) is 9.90 Å². The second-order valence-corrected chi connectivity index (χ2v) is 7.55. The maximum absolute atomic E-state index is 12.7. The second kappa shape index (κ2) is 8.63. The Morgan fingerprint density at radius 2 is 2.04 bits per heavy atom. The molecule has 0 saturated carbocycles. The summed E-state index contributed by atoms with van der Waals surface area (Å²) in [6.07, 6.45) is 4.82. The number of carbonyl (C=O) groups is 1. The third kappa shape index (κ3) is 5.91. The molecule has 1 aliphatic rings. The molecule has 134 valence electrons. The minimum atomic E-state index is -0.653. The number of hydrogen-bond donors (Lipinski definition) is 1. The zero-order chi connectivity index (χ0) is 17.6. The molecule has 24 heavy (non-hydrogen) atoms. The Labute approximate surface area is 145 Å². The van der Waals surface area contributed by atoms with E-state index >= 15 is 0 Å². The summed E-state index contributed by atoms with van der Waals surface area (Å²) in [6.45, 7) is 6.09. The maximum Gasteiger partial charge on any atom is 0.253 e. The van der Waals surface area contributed by atoms with Crippen molar-refractivity contribution in [1.82, 2.24) is 4.90 Å². The number of aliphatic hydroxyl groups is 1. The number of piperidine rings is 1. The molecule has 1 aromatic carbocycles. The predicted octanol–water partition coefficient (Wildman–Crippen LogP) is 3.28. The number of benzene rings is 1. The number of rotatable bonds is 7. The minimum Gasteiger partial charge on any atom is -0.390 e. The first-order chi connectivity index (χ1) is 11.4. The van der Waals surface area contributed by atoms with Crippen molar-refractivity contribution in [2.45, 2.75) is 51.6 Å². The van der Waals surface area contributed by atoms with Crippen LogP contribution in [0.1, 0.15) is 55.5 Å². The van der Waals surface area contributed by atoms with E-state index in [0.29, 0.717) is 12.3 Å². The van der Waals surface area contributed by atoms with E-state index in [4.69, 9.17) is 4.74 Å². The highest BCUT2D eigenvalue weighted by Crippen LogP contribution is 2.22. The van der Waals surface area contributed by atoms with Gasteiger partial charge in [0.1, 0.15) is 0 Å². The van der Waals surface area contributed by atoms with Gasteiger partial charge in [0.15, 0.2) is 0 Å². The van der Waals surface area contributed by atoms with Gasteiger partial charge in [-0.1, -0.05) is 12.1 Å². The standard InChI is InChI=1S/C20H31NO3/c1-20(2,23)12-10-16-6-8-18(9-7-16)19(22)21-13-4-5-17(15-21)11-14-24-3/h6-9,17,23H,4-5,10-15H2,1-3H3. The number of likely N-dealkylation sites (tertiary alicyclic amines) is 1. The summed E-state index contributed by atoms with van der Waals surface area (Å²) in [5, 5.41) is 9.81. The van der Waals surface area contributed by atoms with Gasteiger partial charge in [0.2, 0.25) is 0 Å². The van der Waals surface area contributed by atoms with Crippen LogP contribution >= 0.6 is 0 Å². The smallest absolute Gasteiger partial charge is 0.253 e. The van der Waals surface area contributed by atoms with E-state index in [2.05, 4.69) is 0 Å². The van der Waals surface area contributed by atoms with Crippen LogP contribution < -0.4 is 0 Å². The molecule has 4 nitrogen and oxygen atoms in total. The van der Waals surface area contributed by atoms with Gasteiger partial charge in [0.25, 0.3) is 5.91 Å². The molecule has 1 amide bonds. The molecule has 4 heteroatoms. The van der Waals surface area contributed by atoms with Gasteiger partial charge in [0.05, 0.1) is 5.60 Å². The first-order valence-electron chi connectivity index (χ1n) is 8.98. The number of amides is 1. The topological polar surface area (TPSA) is 49.8 Å². The lowest BCUT2D eigenvalue weighted by Crippen LogP contribution is -2.40. The molecule has 1 heterocycles. The Hall–Kier alpha value is -1.39. The van der Waals surface area contributed by atoms with E-state index in [1.165, 1.54) is 6.42 Å². The van der Waals surface area contributed by atoms with Crippen molar-refractivity contribution in [3.63, 3.8) is 0 Å². The lowest BCUT2D eigenvalue weighted by molar-refractivity contribution is 0.0641. The van der Waals surface area contributed by atoms with Gasteiger partial charge < -0.3 is 14.7 Å². The average Bonchev–Trinajstić information content (AvgIpc) is 2.57. The molecule has 0 radical (unpaired) electrons. The first kappa shape index (κ1) is 18.9. The van der Waals surface area contributed by atoms with Crippen LogP contribution in [-0.4, -0.2) is 48.3 Å². The zero-order valence-corrected chi connectivity index (χ0v) is 15.3. The fraction of sp³-hybridized carbons (Fsp3) is 0.650. The van der Waals surface area contributed by atoms with Crippen molar-refractivity contribution in [2.75, 3.05) is 26.8 Å². The van der Waals surface area contributed by atoms with Crippen LogP contribution in [0.15, 0.2) is 24.3 Å². The monoisotopic (exact) mass is 333 g/mol. The van der Waals surface area contributed by atoms with Crippen molar-refractivity contribution in [3.8, 4) is 0 Å². The quantitative estimate of drug-likeness (QED) is 0.833. The number of aryl methyl sites for hydroxylation is 1. The number of ether oxygens (including phenoxy) is 1. The van der Waals surface area contributed by atoms with Crippen LogP contribution in [0.3, 0.4) is 0 Å². The molecule has 0 aromatic heterocycles. The van der Waals surface area contributed by atoms with E-state index in [0.717, 1.165) is 50.1 Å². The molecular weight excluding hydrogens is 302 g/mol. The molecule has 0 spiro atoms. The van der Waals surface area contributed by atoms with E-state index in [-0.39, 0.29) is 5.91 Å². The summed E-state index contributed by atoms with van der Waals surface area (Å²) < 4.78 is 5.16. The average molecular weight is 333 g/mol. The highest BCUT2D eigenvalue weighted by atomic mass is 16.5. The van der Waals surface area contributed by atoms with Gasteiger partial charge in [-0.05, 0) is 69.6 Å². The lowest BCUT2D eigenvalue weighted by Gasteiger charge is -2.32. The fourth-order valence-electron chi connectivity index (χ4n) is 3.22. The summed E-state index contributed by atoms with van der Waals surface area (Å²) in [5.74, 6) is 0.680. The van der Waals surface area contributed by atoms with Crippen molar-refractivity contribution in [1.29, 1.82) is 0 Å². The molecule has 1 aromatic rings. The normalized spacial score (nSPS) is 18.7. The van der Waals surface area contributed by atoms with Gasteiger partial charge in [0, 0.05) is 32.4 Å². The predicted molar refractivity (Wildman–Crippen MR) is 96.2 cm³/mol. The third-order valence-electron chi connectivity index (χ3n) is 4.76. The summed E-state index contributed by atoms with van der Waals surface area (Å²) in [7, 11) is 1.73. The zero-order valence-electron chi connectivity index (χ0n) is 15.3. The number of nitrogens with zero attached hydrogens (tertiary/aromatic N) is 1. The Kier molecular flexibility index (Phi) is 6.81. The molecule has 0 aliphatic carbocycles. The Morgan fingerprint density at radius 1 is 1.33 bits per heavy atom. The van der Waals surface area contributed by atoms with Crippen LogP contribution in [0, 0.1) is 5.92 Å². The lowest BCUT2D eigenvalue weighted by atomic mass is 9.94. The second-order valence-electron chi connectivity index (χ2n) is 7.55. The van der Waals surface area contributed by atoms with E-state index in [1.54, 1.807) is 7.11 Å². The third-order valence-corrected chi connectivity index (χ3v) is 4.76. The molecular formula is C20H31NO3. The van der Waals surface area contributed by atoms with Crippen molar-refractivity contribution >= 4 is 5.91 Å². The molecule has 1 aliphatic heterocycles. The summed E-state index contributed by atoms with van der Waals surface area (Å²) in [6, 6.07) is 7.85. The largest absolute Gasteiger partial charge is 0.390 e. The SMILES string of the molecule is COCCC1CCCN(C(=O)c2ccc(CCC(C)(C)O)cc2)C1. The van der Waals surface area contributed by atoms with Crippen LogP contribution in [0.5, 0.6) is 0 Å². The molecule has 1 atom stereocenters. The van der Waals surface area contributed by atoms with Gasteiger partial charge in [-0.25, -0.2) is 0 Å². The number of hydrogen-bond acceptors (Lipinski definition) is 3.